The van der Waals surface area contributed by atoms with Crippen LogP contribution < -0.4 is 5.73 Å². The molecule has 0 aliphatic heterocycles. The maximum Gasteiger partial charge on any atom is 0.342 e. The van der Waals surface area contributed by atoms with E-state index in [0.29, 0.717) is 13.2 Å². The Morgan fingerprint density at radius 2 is 2.21 bits per heavy atom. The molecule has 80 valence electrons. The van der Waals surface area contributed by atoms with Gasteiger partial charge in [0, 0.05) is 13.3 Å². The molecule has 0 unspecified atom stereocenters. The van der Waals surface area contributed by atoms with E-state index < -0.39 is 5.97 Å². The Morgan fingerprint density at radius 1 is 1.57 bits per heavy atom. The van der Waals surface area contributed by atoms with Crippen molar-refractivity contribution in [1.29, 1.82) is 0 Å². The Kier molecular flexibility index (Phi) is 6.13. The Balaban J connectivity index is 4.39. The molecule has 0 radical (unpaired) electrons. The van der Waals surface area contributed by atoms with Crippen LogP contribution in [-0.4, -0.2) is 44.7 Å². The Bertz CT molecular complexity index is 248. The van der Waals surface area contributed by atoms with Gasteiger partial charge in [0.25, 0.3) is 0 Å². The highest BCUT2D eigenvalue weighted by Gasteiger charge is 2.09. The van der Waals surface area contributed by atoms with Crippen LogP contribution in [0.5, 0.6) is 0 Å². The summed E-state index contributed by atoms with van der Waals surface area (Å²) in [6, 6.07) is 0. The first kappa shape index (κ1) is 12.4. The molecule has 0 aromatic carbocycles. The quantitative estimate of drug-likeness (QED) is 0.264. The fraction of sp³-hybridized carbons (Fsp3) is 0.500. The highest BCUT2D eigenvalue weighted by molar-refractivity contribution is 6.08. The largest absolute Gasteiger partial charge is 0.482 e. The van der Waals surface area contributed by atoms with Crippen LogP contribution in [0.2, 0.25) is 0 Å². The van der Waals surface area contributed by atoms with Gasteiger partial charge in [-0.05, 0) is 0 Å². The third kappa shape index (κ3) is 4.46. The number of aliphatic carboxylic acids is 1. The van der Waals surface area contributed by atoms with E-state index >= 15 is 0 Å². The van der Waals surface area contributed by atoms with E-state index in [2.05, 4.69) is 9.73 Å². The summed E-state index contributed by atoms with van der Waals surface area (Å²) in [5, 5.41) is 8.69. The second-order valence-electron chi connectivity index (χ2n) is 2.32. The number of methoxy groups -OCH3 is 2. The molecule has 0 bridgehead atoms. The van der Waals surface area contributed by atoms with E-state index in [4.69, 9.17) is 15.6 Å². The summed E-state index contributed by atoms with van der Waals surface area (Å²) in [4.78, 5) is 14.4. The number of ether oxygens (including phenoxy) is 2. The molecule has 3 N–H and O–H groups in total. The van der Waals surface area contributed by atoms with Crippen LogP contribution in [0.15, 0.2) is 16.4 Å². The first-order valence-electron chi connectivity index (χ1n) is 3.89. The summed E-state index contributed by atoms with van der Waals surface area (Å²) in [6.45, 7) is 0.806. The van der Waals surface area contributed by atoms with Crippen molar-refractivity contribution in [2.75, 3.05) is 27.4 Å². The van der Waals surface area contributed by atoms with Gasteiger partial charge in [-0.15, -0.1) is 0 Å². The van der Waals surface area contributed by atoms with Crippen LogP contribution in [0.3, 0.4) is 0 Å². The van der Waals surface area contributed by atoms with Gasteiger partial charge in [0.05, 0.1) is 20.3 Å². The summed E-state index contributed by atoms with van der Waals surface area (Å²) >= 11 is 0. The number of carbonyl (C=O) groups is 1. The molecule has 0 amide bonds. The highest BCUT2D eigenvalue weighted by Crippen LogP contribution is 1.97. The Morgan fingerprint density at radius 3 is 2.64 bits per heavy atom. The second kappa shape index (κ2) is 6.90. The average molecular weight is 202 g/mol. The molecule has 0 aliphatic rings. The third-order valence-corrected chi connectivity index (χ3v) is 1.36. The number of carboxylic acid groups (broad SMARTS) is 1. The summed E-state index contributed by atoms with van der Waals surface area (Å²) in [7, 11) is 2.83. The first-order valence-corrected chi connectivity index (χ1v) is 3.89. The smallest absolute Gasteiger partial charge is 0.342 e. The van der Waals surface area contributed by atoms with Gasteiger partial charge >= 0.3 is 5.97 Å². The lowest BCUT2D eigenvalue weighted by Gasteiger charge is -2.01. The van der Waals surface area contributed by atoms with Gasteiger partial charge in [0.1, 0.15) is 5.57 Å². The predicted octanol–water partition coefficient (Wildman–Crippen LogP) is -0.395. The van der Waals surface area contributed by atoms with Gasteiger partial charge in [-0.3, -0.25) is 4.99 Å². The lowest BCUT2D eigenvalue weighted by Crippen LogP contribution is -2.13. The molecule has 0 atom stereocenters. The highest BCUT2D eigenvalue weighted by atomic mass is 16.5. The molecule has 0 aromatic rings. The molecule has 0 spiro atoms. The maximum absolute atomic E-state index is 10.6. The van der Waals surface area contributed by atoms with Crippen LogP contribution in [0.1, 0.15) is 0 Å². The van der Waals surface area contributed by atoms with Crippen molar-refractivity contribution in [3.05, 3.63) is 11.5 Å². The average Bonchev–Trinajstić information content (AvgIpc) is 2.16. The molecule has 6 heteroatoms. The van der Waals surface area contributed by atoms with E-state index in [0.717, 1.165) is 6.21 Å². The zero-order valence-corrected chi connectivity index (χ0v) is 8.19. The van der Waals surface area contributed by atoms with E-state index in [1.165, 1.54) is 14.2 Å². The topological polar surface area (TPSA) is 94.1 Å². The van der Waals surface area contributed by atoms with Crippen molar-refractivity contribution in [2.45, 2.75) is 0 Å². The summed E-state index contributed by atoms with van der Waals surface area (Å²) in [6.07, 6.45) is 1.15. The summed E-state index contributed by atoms with van der Waals surface area (Å²) in [5.74, 6) is -1.34. The van der Waals surface area contributed by atoms with Gasteiger partial charge in [0.15, 0.2) is 5.88 Å². The van der Waals surface area contributed by atoms with Gasteiger partial charge in [-0.25, -0.2) is 4.79 Å². The van der Waals surface area contributed by atoms with Gasteiger partial charge in [-0.2, -0.15) is 0 Å². The molecule has 0 saturated heterocycles. The maximum atomic E-state index is 10.6. The molecule has 14 heavy (non-hydrogen) atoms. The first-order chi connectivity index (χ1) is 6.63. The summed E-state index contributed by atoms with van der Waals surface area (Å²) in [5.41, 5.74) is 5.12. The van der Waals surface area contributed by atoms with Crippen molar-refractivity contribution >= 4 is 12.2 Å². The minimum Gasteiger partial charge on any atom is -0.482 e. The molecule has 0 aliphatic carbocycles. The van der Waals surface area contributed by atoms with Crippen molar-refractivity contribution in [3.63, 3.8) is 0 Å². The second-order valence-corrected chi connectivity index (χ2v) is 2.32. The van der Waals surface area contributed by atoms with Crippen LogP contribution in [0.4, 0.5) is 0 Å². The Hall–Kier alpha value is -1.56. The van der Waals surface area contributed by atoms with Crippen molar-refractivity contribution in [2.24, 2.45) is 10.7 Å². The summed E-state index contributed by atoms with van der Waals surface area (Å²) < 4.78 is 9.32. The number of hydrogen-bond acceptors (Lipinski definition) is 5. The molecular weight excluding hydrogens is 188 g/mol. The number of hydrogen-bond donors (Lipinski definition) is 2. The van der Waals surface area contributed by atoms with Crippen molar-refractivity contribution in [1.82, 2.24) is 0 Å². The molecule has 0 saturated carbocycles. The molecule has 0 fully saturated rings. The van der Waals surface area contributed by atoms with E-state index in [-0.39, 0.29) is 11.5 Å². The van der Waals surface area contributed by atoms with Crippen LogP contribution >= 0.6 is 0 Å². The van der Waals surface area contributed by atoms with Gasteiger partial charge in [-0.1, -0.05) is 0 Å². The predicted molar refractivity (Wildman–Crippen MR) is 51.1 cm³/mol. The van der Waals surface area contributed by atoms with E-state index in [1.807, 2.05) is 0 Å². The number of nitrogens with two attached hydrogens (primary N) is 1. The minimum absolute atomic E-state index is 0.163. The van der Waals surface area contributed by atoms with E-state index in [1.54, 1.807) is 0 Å². The van der Waals surface area contributed by atoms with Crippen molar-refractivity contribution in [3.8, 4) is 0 Å². The zero-order chi connectivity index (χ0) is 11.0. The zero-order valence-electron chi connectivity index (χ0n) is 8.19. The lowest BCUT2D eigenvalue weighted by molar-refractivity contribution is -0.132. The van der Waals surface area contributed by atoms with Crippen molar-refractivity contribution < 1.29 is 19.4 Å². The van der Waals surface area contributed by atoms with E-state index in [9.17, 15) is 4.79 Å². The molecule has 0 aromatic heterocycles. The Labute approximate surface area is 82.0 Å². The number of carboxylic acids is 1. The third-order valence-electron chi connectivity index (χ3n) is 1.36. The monoisotopic (exact) mass is 202 g/mol. The van der Waals surface area contributed by atoms with Gasteiger partial charge < -0.3 is 20.3 Å². The SMILES string of the molecule is COCCN=C/C(C(=O)O)=C(\N)OC. The standard InChI is InChI=1S/C8H14N2O4/c1-13-4-3-10-5-6(8(11)12)7(9)14-2/h5H,3-4,9H2,1-2H3,(H,11,12)/b7-6-,10-5?. The fourth-order valence-corrected chi connectivity index (χ4v) is 0.634. The number of rotatable bonds is 6. The minimum atomic E-state index is -1.18. The van der Waals surface area contributed by atoms with Crippen LogP contribution in [0.25, 0.3) is 0 Å². The number of nitrogens with zero attached hydrogens (tertiary/aromatic N) is 1. The molecule has 0 rings (SSSR count). The number of aliphatic imine (C=N–C) groups is 1. The molecular formula is C8H14N2O4. The molecule has 0 heterocycles. The van der Waals surface area contributed by atoms with Crippen LogP contribution in [0, 0.1) is 0 Å². The molecule has 6 nitrogen and oxygen atoms in total. The normalized spacial score (nSPS) is 12.7. The van der Waals surface area contributed by atoms with Crippen LogP contribution in [-0.2, 0) is 14.3 Å². The van der Waals surface area contributed by atoms with Gasteiger partial charge in [0.2, 0.25) is 0 Å². The fourth-order valence-electron chi connectivity index (χ4n) is 0.634. The lowest BCUT2D eigenvalue weighted by atomic mass is 10.3.